The van der Waals surface area contributed by atoms with Crippen LogP contribution >= 0.6 is 0 Å². The highest BCUT2D eigenvalue weighted by molar-refractivity contribution is 5.83. The maximum Gasteiger partial charge on any atom is 0.227 e. The number of nitrogens with one attached hydrogen (secondary N) is 1. The number of hydrogen-bond acceptors (Lipinski definition) is 4. The van der Waals surface area contributed by atoms with Gasteiger partial charge in [-0.3, -0.25) is 4.79 Å². The van der Waals surface area contributed by atoms with Gasteiger partial charge in [0, 0.05) is 25.6 Å². The molecule has 0 bridgehead atoms. The number of likely N-dealkylation sites (N-methyl/N-ethyl adjacent to an activating group) is 1. The zero-order valence-electron chi connectivity index (χ0n) is 17.3. The van der Waals surface area contributed by atoms with Gasteiger partial charge in [-0.1, -0.05) is 12.1 Å². The normalized spacial score (nSPS) is 17.1. The average Bonchev–Trinajstić information content (AvgIpc) is 3.16. The quantitative estimate of drug-likeness (QED) is 0.724. The number of ether oxygens (including phenoxy) is 2. The highest BCUT2D eigenvalue weighted by atomic mass is 19.1. The number of rotatable bonds is 8. The van der Waals surface area contributed by atoms with Crippen LogP contribution in [0.5, 0.6) is 11.5 Å². The Morgan fingerprint density at radius 1 is 1.21 bits per heavy atom. The van der Waals surface area contributed by atoms with Crippen LogP contribution in [0.4, 0.5) is 10.1 Å². The average molecular weight is 400 g/mol. The lowest BCUT2D eigenvalue weighted by atomic mass is 10.0. The van der Waals surface area contributed by atoms with Gasteiger partial charge in [-0.05, 0) is 50.6 Å². The van der Waals surface area contributed by atoms with E-state index in [0.717, 1.165) is 24.3 Å². The third kappa shape index (κ3) is 5.19. The summed E-state index contributed by atoms with van der Waals surface area (Å²) in [7, 11) is 0. The van der Waals surface area contributed by atoms with E-state index < -0.39 is 0 Å². The van der Waals surface area contributed by atoms with Crippen molar-refractivity contribution in [2.24, 2.45) is 0 Å². The van der Waals surface area contributed by atoms with Gasteiger partial charge in [0.1, 0.15) is 23.4 Å². The summed E-state index contributed by atoms with van der Waals surface area (Å²) in [6.45, 7) is 8.18. The maximum absolute atomic E-state index is 14.4. The van der Waals surface area contributed by atoms with Gasteiger partial charge in [-0.2, -0.15) is 0 Å². The first-order chi connectivity index (χ1) is 14.0. The number of anilines is 1. The molecule has 1 N–H and O–H groups in total. The van der Waals surface area contributed by atoms with Crippen molar-refractivity contribution in [2.75, 3.05) is 31.1 Å². The largest absolute Gasteiger partial charge is 0.494 e. The molecule has 2 unspecified atom stereocenters. The van der Waals surface area contributed by atoms with Crippen molar-refractivity contribution in [2.45, 2.75) is 39.2 Å². The van der Waals surface area contributed by atoms with E-state index in [0.29, 0.717) is 31.1 Å². The van der Waals surface area contributed by atoms with Crippen molar-refractivity contribution in [3.05, 3.63) is 53.8 Å². The lowest BCUT2D eigenvalue weighted by Crippen LogP contribution is -2.27. The summed E-state index contributed by atoms with van der Waals surface area (Å²) >= 11 is 0. The molecule has 3 rings (SSSR count). The van der Waals surface area contributed by atoms with E-state index >= 15 is 0 Å². The Balaban J connectivity index is 1.58. The lowest BCUT2D eigenvalue weighted by molar-refractivity contribution is -0.122. The molecule has 1 fully saturated rings. The smallest absolute Gasteiger partial charge is 0.227 e. The highest BCUT2D eigenvalue weighted by Gasteiger charge is 2.26. The Morgan fingerprint density at radius 2 is 1.93 bits per heavy atom. The highest BCUT2D eigenvalue weighted by Crippen LogP contribution is 2.29. The van der Waals surface area contributed by atoms with Gasteiger partial charge in [-0.15, -0.1) is 0 Å². The second kappa shape index (κ2) is 9.63. The van der Waals surface area contributed by atoms with Crippen LogP contribution in [-0.4, -0.2) is 38.3 Å². The topological polar surface area (TPSA) is 50.8 Å². The molecule has 5 nitrogen and oxygen atoms in total. The maximum atomic E-state index is 14.4. The van der Waals surface area contributed by atoms with Crippen molar-refractivity contribution in [3.8, 4) is 11.5 Å². The predicted molar refractivity (Wildman–Crippen MR) is 112 cm³/mol. The van der Waals surface area contributed by atoms with E-state index in [-0.39, 0.29) is 23.7 Å². The molecule has 0 aromatic heterocycles. The molecule has 2 aromatic carbocycles. The van der Waals surface area contributed by atoms with Gasteiger partial charge in [0.15, 0.2) is 0 Å². The zero-order valence-corrected chi connectivity index (χ0v) is 17.3. The van der Waals surface area contributed by atoms with E-state index in [4.69, 9.17) is 9.47 Å². The molecule has 0 aliphatic carbocycles. The molecule has 0 radical (unpaired) electrons. The Morgan fingerprint density at radius 3 is 2.59 bits per heavy atom. The second-order valence-electron chi connectivity index (χ2n) is 7.21. The summed E-state index contributed by atoms with van der Waals surface area (Å²) in [5, 5.41) is 2.84. The van der Waals surface area contributed by atoms with Crippen molar-refractivity contribution >= 4 is 11.6 Å². The SMILES string of the molecule is CCNC(=O)C(C)c1ccc(OC2CCN(c3ccc(OCC)cc3F)C2)cc1. The van der Waals surface area contributed by atoms with E-state index in [1.54, 1.807) is 12.1 Å². The van der Waals surface area contributed by atoms with Crippen LogP contribution in [0.2, 0.25) is 0 Å². The van der Waals surface area contributed by atoms with E-state index in [1.807, 2.05) is 49.9 Å². The first-order valence-electron chi connectivity index (χ1n) is 10.2. The van der Waals surface area contributed by atoms with Crippen LogP contribution in [0.3, 0.4) is 0 Å². The second-order valence-corrected chi connectivity index (χ2v) is 7.21. The molecule has 0 saturated carbocycles. The summed E-state index contributed by atoms with van der Waals surface area (Å²) < 4.78 is 25.9. The number of hydrogen-bond donors (Lipinski definition) is 1. The van der Waals surface area contributed by atoms with Gasteiger partial charge >= 0.3 is 0 Å². The van der Waals surface area contributed by atoms with Crippen LogP contribution in [0.1, 0.15) is 38.7 Å². The standard InChI is InChI=1S/C23H29FN2O3/c1-4-25-23(27)16(3)17-6-8-18(9-7-17)29-20-12-13-26(15-20)22-11-10-19(28-5-2)14-21(22)24/h6-11,14,16,20H,4-5,12-13,15H2,1-3H3,(H,25,27). The van der Waals surface area contributed by atoms with Crippen LogP contribution in [0, 0.1) is 5.82 Å². The predicted octanol–water partition coefficient (Wildman–Crippen LogP) is 4.12. The van der Waals surface area contributed by atoms with Crippen LogP contribution in [-0.2, 0) is 4.79 Å². The number of amides is 1. The van der Waals surface area contributed by atoms with Crippen molar-refractivity contribution in [1.29, 1.82) is 0 Å². The number of nitrogens with zero attached hydrogens (tertiary/aromatic N) is 1. The van der Waals surface area contributed by atoms with Gasteiger partial charge in [0.25, 0.3) is 0 Å². The Kier molecular flexibility index (Phi) is 6.96. The summed E-state index contributed by atoms with van der Waals surface area (Å²) in [6, 6.07) is 12.6. The first-order valence-corrected chi connectivity index (χ1v) is 10.2. The fourth-order valence-electron chi connectivity index (χ4n) is 3.55. The zero-order chi connectivity index (χ0) is 20.8. The Hall–Kier alpha value is -2.76. The molecule has 6 heteroatoms. The molecule has 1 aliphatic rings. The van der Waals surface area contributed by atoms with Crippen molar-refractivity contribution < 1.29 is 18.7 Å². The first kappa shape index (κ1) is 21.0. The molecular weight excluding hydrogens is 371 g/mol. The summed E-state index contributed by atoms with van der Waals surface area (Å²) in [5.41, 5.74) is 1.53. The van der Waals surface area contributed by atoms with E-state index in [2.05, 4.69) is 5.32 Å². The van der Waals surface area contributed by atoms with Crippen LogP contribution in [0.25, 0.3) is 0 Å². The third-order valence-electron chi connectivity index (χ3n) is 5.14. The van der Waals surface area contributed by atoms with E-state index in [1.165, 1.54) is 6.07 Å². The van der Waals surface area contributed by atoms with Gasteiger partial charge in [-0.25, -0.2) is 4.39 Å². The molecule has 156 valence electrons. The molecule has 1 aliphatic heterocycles. The molecular formula is C23H29FN2O3. The summed E-state index contributed by atoms with van der Waals surface area (Å²) in [4.78, 5) is 14.0. The monoisotopic (exact) mass is 400 g/mol. The molecule has 1 amide bonds. The fourth-order valence-corrected chi connectivity index (χ4v) is 3.55. The van der Waals surface area contributed by atoms with Crippen molar-refractivity contribution in [1.82, 2.24) is 5.32 Å². The molecule has 0 spiro atoms. The molecule has 1 saturated heterocycles. The van der Waals surface area contributed by atoms with Gasteiger partial charge in [0.2, 0.25) is 5.91 Å². The summed E-state index contributed by atoms with van der Waals surface area (Å²) in [5.74, 6) is 0.845. The minimum absolute atomic E-state index is 0.00682. The van der Waals surface area contributed by atoms with Crippen LogP contribution in [0.15, 0.2) is 42.5 Å². The molecule has 1 heterocycles. The van der Waals surface area contributed by atoms with Gasteiger partial charge in [0.05, 0.1) is 24.8 Å². The minimum Gasteiger partial charge on any atom is -0.494 e. The Bertz CT molecular complexity index is 825. The number of halogens is 1. The lowest BCUT2D eigenvalue weighted by Gasteiger charge is -2.20. The van der Waals surface area contributed by atoms with Crippen molar-refractivity contribution in [3.63, 3.8) is 0 Å². The van der Waals surface area contributed by atoms with E-state index in [9.17, 15) is 9.18 Å². The number of carbonyl (C=O) groups excluding carboxylic acids is 1. The Labute approximate surface area is 171 Å². The van der Waals surface area contributed by atoms with Gasteiger partial charge < -0.3 is 19.7 Å². The molecule has 2 aromatic rings. The summed E-state index contributed by atoms with van der Waals surface area (Å²) in [6.07, 6.45) is 0.816. The fraction of sp³-hybridized carbons (Fsp3) is 0.435. The third-order valence-corrected chi connectivity index (χ3v) is 5.14. The molecule has 2 atom stereocenters. The minimum atomic E-state index is -0.278. The molecule has 29 heavy (non-hydrogen) atoms. The van der Waals surface area contributed by atoms with Crippen LogP contribution < -0.4 is 19.7 Å². The number of benzene rings is 2. The number of carbonyl (C=O) groups is 1.